The molecule has 7 rings (SSSR count). The largest absolute Gasteiger partial charge is 0.384 e. The number of hydrogen-bond acceptors (Lipinski definition) is 9. The van der Waals surface area contributed by atoms with E-state index in [1.807, 2.05) is 31.2 Å². The Hall–Kier alpha value is -4.06. The van der Waals surface area contributed by atoms with Crippen LogP contribution in [0.3, 0.4) is 0 Å². The molecule has 5 heterocycles. The van der Waals surface area contributed by atoms with E-state index < -0.39 is 5.60 Å². The zero-order chi connectivity index (χ0) is 30.3. The highest BCUT2D eigenvalue weighted by atomic mass is 16.3. The highest BCUT2D eigenvalue weighted by Crippen LogP contribution is 2.38. The minimum Gasteiger partial charge on any atom is -0.384 e. The number of hydrogen-bond donors (Lipinski definition) is 3. The van der Waals surface area contributed by atoms with Crippen LogP contribution in [0.4, 0.5) is 17.3 Å². The summed E-state index contributed by atoms with van der Waals surface area (Å²) < 4.78 is 3.28. The van der Waals surface area contributed by atoms with Crippen LogP contribution in [-0.4, -0.2) is 79.6 Å². The Balaban J connectivity index is 1.13. The number of pyridine rings is 1. The molecule has 0 saturated carbocycles. The molecule has 230 valence electrons. The first-order valence-electron chi connectivity index (χ1n) is 15.9. The first-order chi connectivity index (χ1) is 21.5. The lowest BCUT2D eigenvalue weighted by atomic mass is 9.98. The number of fused-ring (bicyclic) bond motifs is 2. The van der Waals surface area contributed by atoms with E-state index in [0.29, 0.717) is 47.4 Å². The third-order valence-corrected chi connectivity index (χ3v) is 9.62. The maximum absolute atomic E-state index is 13.4. The van der Waals surface area contributed by atoms with Crippen LogP contribution in [0.1, 0.15) is 43.9 Å². The molecule has 2 fully saturated rings. The molecule has 1 atom stereocenters. The van der Waals surface area contributed by atoms with Gasteiger partial charge in [0.2, 0.25) is 5.95 Å². The van der Waals surface area contributed by atoms with Gasteiger partial charge in [0.1, 0.15) is 11.0 Å². The Kier molecular flexibility index (Phi) is 7.69. The topological polar surface area (TPSA) is 116 Å². The molecule has 0 spiro atoms. The Morgan fingerprint density at radius 3 is 2.59 bits per heavy atom. The summed E-state index contributed by atoms with van der Waals surface area (Å²) in [5.74, 6) is 0.914. The van der Waals surface area contributed by atoms with E-state index >= 15 is 0 Å². The maximum Gasteiger partial charge on any atom is 0.278 e. The van der Waals surface area contributed by atoms with E-state index in [0.717, 1.165) is 56.9 Å². The van der Waals surface area contributed by atoms with Crippen LogP contribution >= 0.6 is 0 Å². The van der Waals surface area contributed by atoms with Gasteiger partial charge in [0.25, 0.3) is 5.56 Å². The van der Waals surface area contributed by atoms with Gasteiger partial charge in [0.05, 0.1) is 12.2 Å². The standard InChI is InChI=1S/C33H41N9O2/c1-3-17-41-31(43)27-22-35-32(38-30(27)42(41)28-10-5-23-11-14-33(44,4-2)29(23)37-28)36-24-6-8-25(9-7-24)39-18-20-40(21-19-39)26-12-15-34-16-13-26/h3,5-10,22,26,34,44H,1,4,11-21H2,2H3,(H,35,36,38)/t33-/m0/s1. The van der Waals surface area contributed by atoms with Gasteiger partial charge in [-0.05, 0) is 81.1 Å². The molecular formula is C33H41N9O2. The van der Waals surface area contributed by atoms with Crippen LogP contribution in [0.2, 0.25) is 0 Å². The van der Waals surface area contributed by atoms with E-state index in [2.05, 4.69) is 44.1 Å². The average Bonchev–Trinajstić information content (AvgIpc) is 3.55. The van der Waals surface area contributed by atoms with Crippen LogP contribution in [0.5, 0.6) is 0 Å². The second-order valence-electron chi connectivity index (χ2n) is 12.2. The Labute approximate surface area is 257 Å². The number of aryl methyl sites for hydroxylation is 1. The van der Waals surface area contributed by atoms with Crippen molar-refractivity contribution in [3.63, 3.8) is 0 Å². The monoisotopic (exact) mass is 595 g/mol. The smallest absolute Gasteiger partial charge is 0.278 e. The van der Waals surface area contributed by atoms with E-state index in [1.165, 1.54) is 18.5 Å². The van der Waals surface area contributed by atoms with Gasteiger partial charge in [-0.2, -0.15) is 4.98 Å². The summed E-state index contributed by atoms with van der Waals surface area (Å²) >= 11 is 0. The van der Waals surface area contributed by atoms with E-state index in [1.54, 1.807) is 21.6 Å². The fourth-order valence-electron chi connectivity index (χ4n) is 7.01. The van der Waals surface area contributed by atoms with Gasteiger partial charge >= 0.3 is 0 Å². The second kappa shape index (κ2) is 11.8. The number of piperazine rings is 1. The predicted octanol–water partition coefficient (Wildman–Crippen LogP) is 3.32. The van der Waals surface area contributed by atoms with E-state index in [-0.39, 0.29) is 12.1 Å². The van der Waals surface area contributed by atoms with Gasteiger partial charge in [-0.25, -0.2) is 19.3 Å². The molecule has 4 aromatic rings. The molecular weight excluding hydrogens is 554 g/mol. The Morgan fingerprint density at radius 1 is 1.09 bits per heavy atom. The lowest BCUT2D eigenvalue weighted by molar-refractivity contribution is 0.0306. The number of nitrogens with zero attached hydrogens (tertiary/aromatic N) is 7. The molecule has 3 N–H and O–H groups in total. The van der Waals surface area contributed by atoms with Gasteiger partial charge in [0.15, 0.2) is 11.5 Å². The van der Waals surface area contributed by atoms with Crippen molar-refractivity contribution in [3.8, 4) is 5.82 Å². The van der Waals surface area contributed by atoms with Crippen molar-refractivity contribution in [3.05, 3.63) is 76.9 Å². The first-order valence-corrected chi connectivity index (χ1v) is 15.9. The summed E-state index contributed by atoms with van der Waals surface area (Å²) in [6.45, 7) is 12.6. The molecule has 11 heteroatoms. The van der Waals surface area contributed by atoms with Crippen molar-refractivity contribution in [2.24, 2.45) is 0 Å². The predicted molar refractivity (Wildman–Crippen MR) is 173 cm³/mol. The van der Waals surface area contributed by atoms with Gasteiger partial charge < -0.3 is 20.6 Å². The third-order valence-electron chi connectivity index (χ3n) is 9.62. The number of anilines is 3. The summed E-state index contributed by atoms with van der Waals surface area (Å²) in [5, 5.41) is 18.4. The molecule has 0 radical (unpaired) electrons. The molecule has 11 nitrogen and oxygen atoms in total. The van der Waals surface area contributed by atoms with Crippen LogP contribution in [-0.2, 0) is 18.6 Å². The van der Waals surface area contributed by atoms with Crippen molar-refractivity contribution in [1.29, 1.82) is 0 Å². The SMILES string of the molecule is C=CCn1c(=O)c2cnc(Nc3ccc(N4CCN(C5CCNCC5)CC4)cc3)nc2n1-c1ccc2c(n1)[C@](O)(CC)CC2. The molecule has 3 aromatic heterocycles. The lowest BCUT2D eigenvalue weighted by Gasteiger charge is -2.41. The summed E-state index contributed by atoms with van der Waals surface area (Å²) in [6.07, 6.45) is 7.73. The van der Waals surface area contributed by atoms with Gasteiger partial charge in [0, 0.05) is 49.8 Å². The fraction of sp³-hybridized carbons (Fsp3) is 0.455. The first kappa shape index (κ1) is 28.7. The summed E-state index contributed by atoms with van der Waals surface area (Å²) in [7, 11) is 0. The van der Waals surface area contributed by atoms with Crippen molar-refractivity contribution in [2.75, 3.05) is 49.5 Å². The highest BCUT2D eigenvalue weighted by molar-refractivity contribution is 5.77. The summed E-state index contributed by atoms with van der Waals surface area (Å²) in [5.41, 5.74) is 3.05. The number of benzene rings is 1. The highest BCUT2D eigenvalue weighted by Gasteiger charge is 2.37. The van der Waals surface area contributed by atoms with Gasteiger partial charge in [-0.1, -0.05) is 19.1 Å². The lowest BCUT2D eigenvalue weighted by Crippen LogP contribution is -2.52. The quantitative estimate of drug-likeness (QED) is 0.264. The number of rotatable bonds is 8. The number of nitrogens with one attached hydrogen (secondary N) is 2. The molecule has 0 bridgehead atoms. The van der Waals surface area contributed by atoms with E-state index in [4.69, 9.17) is 9.97 Å². The number of piperidine rings is 1. The maximum atomic E-state index is 13.4. The summed E-state index contributed by atoms with van der Waals surface area (Å²) in [6, 6.07) is 13.0. The molecule has 2 aliphatic heterocycles. The Morgan fingerprint density at radius 2 is 1.86 bits per heavy atom. The van der Waals surface area contributed by atoms with Gasteiger partial charge in [-0.15, -0.1) is 6.58 Å². The van der Waals surface area contributed by atoms with Crippen molar-refractivity contribution in [1.82, 2.24) is 34.5 Å². The van der Waals surface area contributed by atoms with Gasteiger partial charge in [-0.3, -0.25) is 9.69 Å². The molecule has 3 aliphatic rings. The fourth-order valence-corrected chi connectivity index (χ4v) is 7.01. The number of allylic oxidation sites excluding steroid dienone is 1. The second-order valence-corrected chi connectivity index (χ2v) is 12.2. The van der Waals surface area contributed by atoms with Crippen LogP contribution < -0.4 is 21.1 Å². The van der Waals surface area contributed by atoms with Crippen LogP contribution in [0.25, 0.3) is 16.9 Å². The molecule has 0 amide bonds. The minimum atomic E-state index is -0.966. The zero-order valence-corrected chi connectivity index (χ0v) is 25.4. The van der Waals surface area contributed by atoms with Crippen molar-refractivity contribution in [2.45, 2.75) is 57.2 Å². The van der Waals surface area contributed by atoms with Crippen LogP contribution in [0.15, 0.2) is 60.0 Å². The van der Waals surface area contributed by atoms with Crippen molar-refractivity contribution >= 4 is 28.4 Å². The molecule has 1 aliphatic carbocycles. The number of aliphatic hydroxyl groups is 1. The van der Waals surface area contributed by atoms with E-state index in [9.17, 15) is 9.90 Å². The molecule has 2 saturated heterocycles. The zero-order valence-electron chi connectivity index (χ0n) is 25.4. The normalized spacial score (nSPS) is 21.1. The molecule has 44 heavy (non-hydrogen) atoms. The molecule has 1 aromatic carbocycles. The Bertz CT molecular complexity index is 1720. The number of aromatic nitrogens is 5. The van der Waals surface area contributed by atoms with Crippen molar-refractivity contribution < 1.29 is 5.11 Å². The van der Waals surface area contributed by atoms with Crippen LogP contribution in [0, 0.1) is 0 Å². The third kappa shape index (κ3) is 5.18. The average molecular weight is 596 g/mol. The molecule has 0 unspecified atom stereocenters. The minimum absolute atomic E-state index is 0.218. The summed E-state index contributed by atoms with van der Waals surface area (Å²) in [4.78, 5) is 32.7.